The first kappa shape index (κ1) is 10.7. The van der Waals surface area contributed by atoms with Crippen molar-refractivity contribution in [2.75, 3.05) is 13.6 Å². The van der Waals surface area contributed by atoms with Crippen LogP contribution in [0.1, 0.15) is 6.92 Å². The number of carbonyl (C=O) groups is 1. The highest BCUT2D eigenvalue weighted by molar-refractivity contribution is 5.81. The summed E-state index contributed by atoms with van der Waals surface area (Å²) in [6.45, 7) is 3.13. The third-order valence-corrected chi connectivity index (χ3v) is 2.03. The molecule has 0 aliphatic rings. The second-order valence-corrected chi connectivity index (χ2v) is 3.07. The first-order valence-electron chi connectivity index (χ1n) is 4.66. The lowest BCUT2D eigenvalue weighted by molar-refractivity contribution is -0.122. The molecule has 1 amide bonds. The van der Waals surface area contributed by atoms with E-state index in [0.717, 1.165) is 0 Å². The summed E-state index contributed by atoms with van der Waals surface area (Å²) in [5, 5.41) is 9.71. The van der Waals surface area contributed by atoms with E-state index in [1.54, 1.807) is 17.9 Å². The molecule has 14 heavy (non-hydrogen) atoms. The maximum absolute atomic E-state index is 11.3. The van der Waals surface area contributed by atoms with Crippen LogP contribution in [0.2, 0.25) is 0 Å². The summed E-state index contributed by atoms with van der Waals surface area (Å²) < 4.78 is 1.78. The summed E-state index contributed by atoms with van der Waals surface area (Å²) in [7, 11) is 1.76. The molecule has 0 saturated carbocycles. The standard InChI is InChI=1S/C9H16N4O/c1-8(10-2)9(14)11-5-7-13-6-3-4-12-13/h3-4,6,8,10H,5,7H2,1-2H3,(H,11,14). The van der Waals surface area contributed by atoms with Gasteiger partial charge in [-0.15, -0.1) is 0 Å². The molecule has 0 radical (unpaired) electrons. The summed E-state index contributed by atoms with van der Waals surface area (Å²) in [5.41, 5.74) is 0. The zero-order valence-electron chi connectivity index (χ0n) is 8.53. The Hall–Kier alpha value is -1.36. The van der Waals surface area contributed by atoms with Gasteiger partial charge in [0, 0.05) is 18.9 Å². The van der Waals surface area contributed by atoms with E-state index in [4.69, 9.17) is 0 Å². The third-order valence-electron chi connectivity index (χ3n) is 2.03. The highest BCUT2D eigenvalue weighted by Gasteiger charge is 2.08. The van der Waals surface area contributed by atoms with Crippen LogP contribution in [0.3, 0.4) is 0 Å². The van der Waals surface area contributed by atoms with Crippen molar-refractivity contribution in [3.05, 3.63) is 18.5 Å². The van der Waals surface area contributed by atoms with Crippen LogP contribution in [0, 0.1) is 0 Å². The van der Waals surface area contributed by atoms with Crippen LogP contribution in [0.15, 0.2) is 18.5 Å². The van der Waals surface area contributed by atoms with Gasteiger partial charge in [-0.05, 0) is 20.0 Å². The van der Waals surface area contributed by atoms with Gasteiger partial charge in [0.1, 0.15) is 0 Å². The van der Waals surface area contributed by atoms with E-state index >= 15 is 0 Å². The predicted octanol–water partition coefficient (Wildman–Crippen LogP) is -0.393. The summed E-state index contributed by atoms with van der Waals surface area (Å²) in [4.78, 5) is 11.3. The molecule has 1 rings (SSSR count). The Bertz CT molecular complexity index is 270. The largest absolute Gasteiger partial charge is 0.353 e. The van der Waals surface area contributed by atoms with E-state index in [2.05, 4.69) is 15.7 Å². The molecule has 78 valence electrons. The van der Waals surface area contributed by atoms with Crippen molar-refractivity contribution in [3.8, 4) is 0 Å². The normalized spacial score (nSPS) is 12.4. The Morgan fingerprint density at radius 3 is 3.00 bits per heavy atom. The van der Waals surface area contributed by atoms with Crippen molar-refractivity contribution in [2.45, 2.75) is 19.5 Å². The van der Waals surface area contributed by atoms with E-state index in [9.17, 15) is 4.79 Å². The second-order valence-electron chi connectivity index (χ2n) is 3.07. The van der Waals surface area contributed by atoms with Gasteiger partial charge >= 0.3 is 0 Å². The second kappa shape index (κ2) is 5.39. The van der Waals surface area contributed by atoms with Crippen LogP contribution in [0.4, 0.5) is 0 Å². The van der Waals surface area contributed by atoms with Crippen LogP contribution < -0.4 is 10.6 Å². The smallest absolute Gasteiger partial charge is 0.236 e. The molecular formula is C9H16N4O. The Kier molecular flexibility index (Phi) is 4.12. The van der Waals surface area contributed by atoms with Crippen LogP contribution in [-0.2, 0) is 11.3 Å². The van der Waals surface area contributed by atoms with Gasteiger partial charge in [-0.1, -0.05) is 0 Å². The lowest BCUT2D eigenvalue weighted by atomic mass is 10.3. The van der Waals surface area contributed by atoms with Crippen molar-refractivity contribution in [1.82, 2.24) is 20.4 Å². The number of amides is 1. The number of rotatable bonds is 5. The predicted molar refractivity (Wildman–Crippen MR) is 53.8 cm³/mol. The first-order valence-corrected chi connectivity index (χ1v) is 4.66. The molecule has 0 aliphatic carbocycles. The van der Waals surface area contributed by atoms with Gasteiger partial charge in [-0.3, -0.25) is 9.48 Å². The number of aromatic nitrogens is 2. The van der Waals surface area contributed by atoms with Crippen LogP contribution >= 0.6 is 0 Å². The monoisotopic (exact) mass is 196 g/mol. The summed E-state index contributed by atoms with van der Waals surface area (Å²) in [6, 6.07) is 1.71. The lowest BCUT2D eigenvalue weighted by Gasteiger charge is -2.10. The van der Waals surface area contributed by atoms with Crippen LogP contribution in [0.5, 0.6) is 0 Å². The summed E-state index contributed by atoms with van der Waals surface area (Å²) in [6.07, 6.45) is 3.59. The molecule has 0 aromatic carbocycles. The van der Waals surface area contributed by atoms with E-state index in [-0.39, 0.29) is 11.9 Å². The Morgan fingerprint density at radius 1 is 1.64 bits per heavy atom. The first-order chi connectivity index (χ1) is 6.74. The van der Waals surface area contributed by atoms with Gasteiger partial charge in [-0.25, -0.2) is 0 Å². The minimum Gasteiger partial charge on any atom is -0.353 e. The number of nitrogens with zero attached hydrogens (tertiary/aromatic N) is 2. The highest BCUT2D eigenvalue weighted by Crippen LogP contribution is 1.84. The third kappa shape index (κ3) is 3.18. The van der Waals surface area contributed by atoms with Crippen molar-refractivity contribution in [3.63, 3.8) is 0 Å². The van der Waals surface area contributed by atoms with Gasteiger partial charge in [0.05, 0.1) is 12.6 Å². The Morgan fingerprint density at radius 2 is 2.43 bits per heavy atom. The maximum Gasteiger partial charge on any atom is 0.236 e. The molecule has 0 bridgehead atoms. The molecule has 1 heterocycles. The minimum absolute atomic E-state index is 0.0136. The van der Waals surface area contributed by atoms with Gasteiger partial charge in [-0.2, -0.15) is 5.10 Å². The topological polar surface area (TPSA) is 59.0 Å². The Labute approximate surface area is 83.5 Å². The SMILES string of the molecule is CNC(C)C(=O)NCCn1cccn1. The van der Waals surface area contributed by atoms with Crippen molar-refractivity contribution < 1.29 is 4.79 Å². The molecular weight excluding hydrogens is 180 g/mol. The maximum atomic E-state index is 11.3. The Balaban J connectivity index is 2.18. The lowest BCUT2D eigenvalue weighted by Crippen LogP contribution is -2.41. The minimum atomic E-state index is -0.146. The average Bonchev–Trinajstić information content (AvgIpc) is 2.69. The van der Waals surface area contributed by atoms with Gasteiger partial charge in [0.2, 0.25) is 5.91 Å². The summed E-state index contributed by atoms with van der Waals surface area (Å²) in [5.74, 6) is 0.0136. The van der Waals surface area contributed by atoms with E-state index in [1.807, 2.05) is 19.2 Å². The molecule has 0 spiro atoms. The number of hydrogen-bond acceptors (Lipinski definition) is 3. The molecule has 1 aromatic heterocycles. The fourth-order valence-electron chi connectivity index (χ4n) is 1.01. The molecule has 0 fully saturated rings. The molecule has 0 aliphatic heterocycles. The zero-order chi connectivity index (χ0) is 10.4. The molecule has 0 saturated heterocycles. The quantitative estimate of drug-likeness (QED) is 0.674. The van der Waals surface area contributed by atoms with E-state index in [0.29, 0.717) is 13.1 Å². The molecule has 1 atom stereocenters. The number of likely N-dealkylation sites (N-methyl/N-ethyl adjacent to an activating group) is 1. The highest BCUT2D eigenvalue weighted by atomic mass is 16.2. The van der Waals surface area contributed by atoms with Gasteiger partial charge in [0.25, 0.3) is 0 Å². The van der Waals surface area contributed by atoms with Crippen LogP contribution in [-0.4, -0.2) is 35.3 Å². The van der Waals surface area contributed by atoms with E-state index in [1.165, 1.54) is 0 Å². The number of carbonyl (C=O) groups excluding carboxylic acids is 1. The summed E-state index contributed by atoms with van der Waals surface area (Å²) >= 11 is 0. The number of nitrogens with one attached hydrogen (secondary N) is 2. The number of hydrogen-bond donors (Lipinski definition) is 2. The van der Waals surface area contributed by atoms with Crippen molar-refractivity contribution in [1.29, 1.82) is 0 Å². The van der Waals surface area contributed by atoms with Gasteiger partial charge < -0.3 is 10.6 Å². The zero-order valence-corrected chi connectivity index (χ0v) is 8.53. The van der Waals surface area contributed by atoms with Gasteiger partial charge in [0.15, 0.2) is 0 Å². The van der Waals surface area contributed by atoms with Crippen molar-refractivity contribution in [2.24, 2.45) is 0 Å². The average molecular weight is 196 g/mol. The van der Waals surface area contributed by atoms with Crippen LogP contribution in [0.25, 0.3) is 0 Å². The fraction of sp³-hybridized carbons (Fsp3) is 0.556. The molecule has 5 heteroatoms. The molecule has 2 N–H and O–H groups in total. The van der Waals surface area contributed by atoms with E-state index < -0.39 is 0 Å². The molecule has 5 nitrogen and oxygen atoms in total. The van der Waals surface area contributed by atoms with Crippen molar-refractivity contribution >= 4 is 5.91 Å². The molecule has 1 unspecified atom stereocenters. The molecule has 1 aromatic rings. The fourth-order valence-corrected chi connectivity index (χ4v) is 1.01.